The van der Waals surface area contributed by atoms with Crippen LogP contribution in [0.25, 0.3) is 11.0 Å². The SMILES string of the molecule is COc1ccc(C(=O)c2coc3ccc(O)c(CN4CCN(C)CC4)c23)cc1OC. The monoisotopic (exact) mass is 410 g/mol. The molecule has 0 radical (unpaired) electrons. The van der Waals surface area contributed by atoms with Crippen LogP contribution in [0.4, 0.5) is 0 Å². The summed E-state index contributed by atoms with van der Waals surface area (Å²) < 4.78 is 16.3. The predicted octanol–water partition coefficient (Wildman–Crippen LogP) is 3.13. The average molecular weight is 410 g/mol. The van der Waals surface area contributed by atoms with Crippen LogP contribution in [0.3, 0.4) is 0 Å². The van der Waals surface area contributed by atoms with Crippen LogP contribution in [0.2, 0.25) is 0 Å². The van der Waals surface area contributed by atoms with Crippen molar-refractivity contribution in [3.05, 3.63) is 53.3 Å². The predicted molar refractivity (Wildman–Crippen MR) is 114 cm³/mol. The van der Waals surface area contributed by atoms with Gasteiger partial charge in [0.25, 0.3) is 0 Å². The van der Waals surface area contributed by atoms with E-state index in [1.165, 1.54) is 13.4 Å². The van der Waals surface area contributed by atoms with E-state index in [0.717, 1.165) is 31.7 Å². The number of phenols is 1. The first-order chi connectivity index (χ1) is 14.5. The summed E-state index contributed by atoms with van der Waals surface area (Å²) in [7, 11) is 5.19. The normalized spacial score (nSPS) is 15.4. The number of hydrogen-bond donors (Lipinski definition) is 1. The Morgan fingerprint density at radius 2 is 1.80 bits per heavy atom. The number of ether oxygens (including phenoxy) is 2. The third kappa shape index (κ3) is 3.74. The van der Waals surface area contributed by atoms with E-state index in [-0.39, 0.29) is 11.5 Å². The van der Waals surface area contributed by atoms with Crippen LogP contribution in [0.1, 0.15) is 21.5 Å². The van der Waals surface area contributed by atoms with Gasteiger partial charge in [-0.25, -0.2) is 0 Å². The summed E-state index contributed by atoms with van der Waals surface area (Å²) in [5.41, 5.74) is 2.19. The van der Waals surface area contributed by atoms with Crippen molar-refractivity contribution in [2.45, 2.75) is 6.54 Å². The maximum absolute atomic E-state index is 13.3. The lowest BCUT2D eigenvalue weighted by atomic mass is 9.98. The molecular weight excluding hydrogens is 384 g/mol. The van der Waals surface area contributed by atoms with Crippen molar-refractivity contribution in [1.82, 2.24) is 9.80 Å². The molecule has 1 saturated heterocycles. The molecule has 0 spiro atoms. The molecule has 4 rings (SSSR count). The van der Waals surface area contributed by atoms with Gasteiger partial charge in [-0.1, -0.05) is 0 Å². The highest BCUT2D eigenvalue weighted by molar-refractivity contribution is 6.17. The molecule has 7 heteroatoms. The van der Waals surface area contributed by atoms with Crippen molar-refractivity contribution in [3.63, 3.8) is 0 Å². The summed E-state index contributed by atoms with van der Waals surface area (Å²) in [6.07, 6.45) is 1.47. The zero-order chi connectivity index (χ0) is 21.3. The first-order valence-electron chi connectivity index (χ1n) is 9.91. The molecule has 0 unspecified atom stereocenters. The smallest absolute Gasteiger partial charge is 0.197 e. The molecule has 3 aromatic rings. The van der Waals surface area contributed by atoms with Crippen LogP contribution < -0.4 is 9.47 Å². The Morgan fingerprint density at radius 1 is 1.07 bits per heavy atom. The minimum absolute atomic E-state index is 0.171. The van der Waals surface area contributed by atoms with Gasteiger partial charge in [0.15, 0.2) is 17.3 Å². The second-order valence-electron chi connectivity index (χ2n) is 7.56. The molecule has 0 atom stereocenters. The highest BCUT2D eigenvalue weighted by Crippen LogP contribution is 2.35. The number of carbonyl (C=O) groups is 1. The van der Waals surface area contributed by atoms with Gasteiger partial charge < -0.3 is 23.9 Å². The van der Waals surface area contributed by atoms with Crippen molar-refractivity contribution >= 4 is 16.8 Å². The fourth-order valence-corrected chi connectivity index (χ4v) is 3.88. The summed E-state index contributed by atoms with van der Waals surface area (Å²) in [6.45, 7) is 4.31. The van der Waals surface area contributed by atoms with E-state index in [9.17, 15) is 9.90 Å². The van der Waals surface area contributed by atoms with E-state index in [1.54, 1.807) is 37.4 Å². The molecule has 0 amide bonds. The van der Waals surface area contributed by atoms with E-state index in [0.29, 0.717) is 40.1 Å². The van der Waals surface area contributed by atoms with Crippen molar-refractivity contribution in [2.24, 2.45) is 0 Å². The lowest BCUT2D eigenvalue weighted by Crippen LogP contribution is -2.43. The van der Waals surface area contributed by atoms with E-state index < -0.39 is 0 Å². The first-order valence-corrected chi connectivity index (χ1v) is 9.91. The van der Waals surface area contributed by atoms with E-state index >= 15 is 0 Å². The van der Waals surface area contributed by atoms with Gasteiger partial charge in [0, 0.05) is 49.2 Å². The highest BCUT2D eigenvalue weighted by atomic mass is 16.5. The van der Waals surface area contributed by atoms with Crippen LogP contribution >= 0.6 is 0 Å². The molecule has 1 aliphatic rings. The number of furan rings is 1. The molecular formula is C23H26N2O5. The highest BCUT2D eigenvalue weighted by Gasteiger charge is 2.24. The Bertz CT molecular complexity index is 1070. The zero-order valence-electron chi connectivity index (χ0n) is 17.5. The maximum atomic E-state index is 13.3. The molecule has 30 heavy (non-hydrogen) atoms. The minimum atomic E-state index is -0.195. The second-order valence-corrected chi connectivity index (χ2v) is 7.56. The topological polar surface area (TPSA) is 75.4 Å². The van der Waals surface area contributed by atoms with E-state index in [2.05, 4.69) is 16.8 Å². The molecule has 0 saturated carbocycles. The van der Waals surface area contributed by atoms with E-state index in [4.69, 9.17) is 13.9 Å². The van der Waals surface area contributed by atoms with E-state index in [1.807, 2.05) is 0 Å². The fraction of sp³-hybridized carbons (Fsp3) is 0.348. The quantitative estimate of drug-likeness (QED) is 0.626. The fourth-order valence-electron chi connectivity index (χ4n) is 3.88. The molecule has 1 N–H and O–H groups in total. The number of carbonyl (C=O) groups excluding carboxylic acids is 1. The van der Waals surface area contributed by atoms with Crippen LogP contribution in [0.5, 0.6) is 17.2 Å². The summed E-state index contributed by atoms with van der Waals surface area (Å²) >= 11 is 0. The van der Waals surface area contributed by atoms with Gasteiger partial charge in [0.05, 0.1) is 19.8 Å². The molecule has 1 aromatic heterocycles. The number of rotatable bonds is 6. The largest absolute Gasteiger partial charge is 0.508 e. The molecule has 2 aromatic carbocycles. The third-order valence-corrected chi connectivity index (χ3v) is 5.69. The Hall–Kier alpha value is -3.03. The van der Waals surface area contributed by atoms with Crippen LogP contribution in [-0.4, -0.2) is 68.1 Å². The van der Waals surface area contributed by atoms with Crippen molar-refractivity contribution < 1.29 is 23.8 Å². The summed E-state index contributed by atoms with van der Waals surface area (Å²) in [5, 5.41) is 11.3. The Balaban J connectivity index is 1.73. The number of benzene rings is 2. The lowest BCUT2D eigenvalue weighted by Gasteiger charge is -2.32. The molecule has 0 bridgehead atoms. The maximum Gasteiger partial charge on any atom is 0.197 e. The molecule has 1 aliphatic heterocycles. The van der Waals surface area contributed by atoms with Gasteiger partial charge in [-0.05, 0) is 37.4 Å². The van der Waals surface area contributed by atoms with Gasteiger partial charge in [0.1, 0.15) is 17.6 Å². The summed E-state index contributed by atoms with van der Waals surface area (Å²) in [6, 6.07) is 8.39. The van der Waals surface area contributed by atoms with Gasteiger partial charge in [0.2, 0.25) is 0 Å². The lowest BCUT2D eigenvalue weighted by molar-refractivity contribution is 0.103. The zero-order valence-corrected chi connectivity index (χ0v) is 17.5. The number of hydrogen-bond acceptors (Lipinski definition) is 7. The van der Waals surface area contributed by atoms with Crippen LogP contribution in [-0.2, 0) is 6.54 Å². The van der Waals surface area contributed by atoms with Crippen molar-refractivity contribution in [2.75, 3.05) is 47.4 Å². The molecule has 158 valence electrons. The number of ketones is 1. The summed E-state index contributed by atoms with van der Waals surface area (Å²) in [4.78, 5) is 17.9. The molecule has 1 fully saturated rings. The van der Waals surface area contributed by atoms with Gasteiger partial charge >= 0.3 is 0 Å². The molecule has 7 nitrogen and oxygen atoms in total. The Kier molecular flexibility index (Phi) is 5.65. The standard InChI is InChI=1S/C23H26N2O5/c1-24-8-10-25(11-9-24)13-16-18(26)5-7-20-22(16)17(14-30-20)23(27)15-4-6-19(28-2)21(12-15)29-3/h4-7,12,14,26H,8-11,13H2,1-3H3. The van der Waals surface area contributed by atoms with Crippen molar-refractivity contribution in [1.29, 1.82) is 0 Å². The van der Waals surface area contributed by atoms with Crippen LogP contribution in [0, 0.1) is 0 Å². The number of aromatic hydroxyl groups is 1. The number of methoxy groups -OCH3 is 2. The van der Waals surface area contributed by atoms with Gasteiger partial charge in [-0.3, -0.25) is 9.69 Å². The minimum Gasteiger partial charge on any atom is -0.508 e. The second kappa shape index (κ2) is 8.38. The Morgan fingerprint density at radius 3 is 2.50 bits per heavy atom. The Labute approximate surface area is 175 Å². The number of nitrogens with zero attached hydrogens (tertiary/aromatic N) is 2. The number of fused-ring (bicyclic) bond motifs is 1. The van der Waals surface area contributed by atoms with Gasteiger partial charge in [-0.15, -0.1) is 0 Å². The van der Waals surface area contributed by atoms with Crippen molar-refractivity contribution in [3.8, 4) is 17.2 Å². The number of phenolic OH excluding ortho intramolecular Hbond substituents is 1. The number of piperazine rings is 1. The third-order valence-electron chi connectivity index (χ3n) is 5.69. The first kappa shape index (κ1) is 20.3. The molecule has 0 aliphatic carbocycles. The number of likely N-dealkylation sites (N-methyl/N-ethyl adjacent to an activating group) is 1. The van der Waals surface area contributed by atoms with Gasteiger partial charge in [-0.2, -0.15) is 0 Å². The van der Waals surface area contributed by atoms with Crippen LogP contribution in [0.15, 0.2) is 41.0 Å². The molecule has 2 heterocycles. The average Bonchev–Trinajstić information content (AvgIpc) is 3.20. The summed E-state index contributed by atoms with van der Waals surface area (Å²) in [5.74, 6) is 1.01.